The first-order valence-electron chi connectivity index (χ1n) is 6.29. The molecule has 1 saturated heterocycles. The van der Waals surface area contributed by atoms with Crippen molar-refractivity contribution in [3.8, 4) is 0 Å². The minimum atomic E-state index is -3.08. The van der Waals surface area contributed by atoms with Crippen molar-refractivity contribution in [1.29, 1.82) is 0 Å². The summed E-state index contributed by atoms with van der Waals surface area (Å²) in [5, 5.41) is 3.78. The highest BCUT2D eigenvalue weighted by Gasteiger charge is 2.30. The molecule has 5 nitrogen and oxygen atoms in total. The Morgan fingerprint density at radius 1 is 1.53 bits per heavy atom. The van der Waals surface area contributed by atoms with Crippen molar-refractivity contribution >= 4 is 21.6 Å². The molecule has 7 heteroatoms. The fraction of sp³-hybridized carbons (Fsp3) is 0.667. The van der Waals surface area contributed by atoms with E-state index in [9.17, 15) is 8.42 Å². The molecule has 0 aliphatic carbocycles. The number of sulfonamides is 1. The lowest BCUT2D eigenvalue weighted by atomic mass is 9.95. The Kier molecular flexibility index (Phi) is 4.55. The van der Waals surface area contributed by atoms with E-state index in [1.807, 2.05) is 6.07 Å². The van der Waals surface area contributed by atoms with Crippen LogP contribution in [0.2, 0.25) is 5.22 Å². The summed E-state index contributed by atoms with van der Waals surface area (Å²) < 4.78 is 29.8. The van der Waals surface area contributed by atoms with Gasteiger partial charge in [-0.1, -0.05) is 6.92 Å². The van der Waals surface area contributed by atoms with E-state index >= 15 is 0 Å². The average Bonchev–Trinajstić information content (AvgIpc) is 2.72. The van der Waals surface area contributed by atoms with Crippen LogP contribution >= 0.6 is 11.6 Å². The van der Waals surface area contributed by atoms with Gasteiger partial charge in [-0.15, -0.1) is 0 Å². The van der Waals surface area contributed by atoms with E-state index in [0.717, 1.165) is 12.2 Å². The summed E-state index contributed by atoms with van der Waals surface area (Å²) in [7, 11) is -3.08. The highest BCUT2D eigenvalue weighted by atomic mass is 35.5. The minimum Gasteiger partial charge on any atom is -0.448 e. The zero-order chi connectivity index (χ0) is 14.0. The van der Waals surface area contributed by atoms with E-state index in [0.29, 0.717) is 30.9 Å². The van der Waals surface area contributed by atoms with E-state index < -0.39 is 10.0 Å². The zero-order valence-corrected chi connectivity index (χ0v) is 12.7. The van der Waals surface area contributed by atoms with Crippen LogP contribution in [0.5, 0.6) is 0 Å². The number of piperidine rings is 1. The maximum absolute atomic E-state index is 11.5. The quantitative estimate of drug-likeness (QED) is 0.919. The first kappa shape index (κ1) is 14.8. The van der Waals surface area contributed by atoms with Crippen molar-refractivity contribution in [2.75, 3.05) is 19.3 Å². The van der Waals surface area contributed by atoms with Crippen LogP contribution in [-0.4, -0.2) is 38.1 Å². The van der Waals surface area contributed by atoms with Gasteiger partial charge in [0, 0.05) is 19.1 Å². The number of halogens is 1. The predicted octanol–water partition coefficient (Wildman–Crippen LogP) is 1.69. The van der Waals surface area contributed by atoms with Crippen LogP contribution in [0.1, 0.15) is 19.1 Å². The summed E-state index contributed by atoms with van der Waals surface area (Å²) in [6.45, 7) is 3.81. The smallest absolute Gasteiger partial charge is 0.211 e. The molecule has 108 valence electrons. The number of hydrogen-bond acceptors (Lipinski definition) is 4. The van der Waals surface area contributed by atoms with Gasteiger partial charge in [-0.05, 0) is 36.1 Å². The summed E-state index contributed by atoms with van der Waals surface area (Å²) in [6, 6.07) is 3.85. The lowest BCUT2D eigenvalue weighted by Gasteiger charge is -2.35. The Bertz CT molecular complexity index is 529. The third-order valence-electron chi connectivity index (χ3n) is 3.50. The van der Waals surface area contributed by atoms with Gasteiger partial charge in [0.25, 0.3) is 0 Å². The Morgan fingerprint density at radius 2 is 2.26 bits per heavy atom. The number of nitrogens with one attached hydrogen (secondary N) is 1. The van der Waals surface area contributed by atoms with Crippen molar-refractivity contribution in [3.63, 3.8) is 0 Å². The van der Waals surface area contributed by atoms with E-state index in [2.05, 4.69) is 12.2 Å². The third kappa shape index (κ3) is 3.95. The number of hydrogen-bond donors (Lipinski definition) is 1. The van der Waals surface area contributed by atoms with Crippen molar-refractivity contribution in [2.24, 2.45) is 5.92 Å². The molecule has 1 aliphatic rings. The van der Waals surface area contributed by atoms with Gasteiger partial charge < -0.3 is 9.73 Å². The molecular weight excluding hydrogens is 288 g/mol. The molecule has 1 aromatic rings. The van der Waals surface area contributed by atoms with Crippen molar-refractivity contribution in [1.82, 2.24) is 9.62 Å². The van der Waals surface area contributed by atoms with Gasteiger partial charge in [-0.25, -0.2) is 12.7 Å². The average molecular weight is 307 g/mol. The molecule has 2 heterocycles. The number of rotatable bonds is 4. The van der Waals surface area contributed by atoms with Crippen LogP contribution in [-0.2, 0) is 16.6 Å². The second-order valence-electron chi connectivity index (χ2n) is 5.08. The largest absolute Gasteiger partial charge is 0.448 e. The summed E-state index contributed by atoms with van der Waals surface area (Å²) in [4.78, 5) is 0. The van der Waals surface area contributed by atoms with Gasteiger partial charge in [-0.2, -0.15) is 0 Å². The fourth-order valence-electron chi connectivity index (χ4n) is 2.39. The Balaban J connectivity index is 1.86. The molecule has 0 amide bonds. The lowest BCUT2D eigenvalue weighted by molar-refractivity contribution is 0.217. The molecule has 1 aromatic heterocycles. The Labute approximate surface area is 119 Å². The molecule has 1 N–H and O–H groups in total. The molecule has 19 heavy (non-hydrogen) atoms. The van der Waals surface area contributed by atoms with Crippen LogP contribution < -0.4 is 5.32 Å². The van der Waals surface area contributed by atoms with Crippen LogP contribution in [0, 0.1) is 5.92 Å². The molecule has 0 bridgehead atoms. The number of nitrogens with zero attached hydrogens (tertiary/aromatic N) is 1. The fourth-order valence-corrected chi connectivity index (χ4v) is 3.50. The lowest BCUT2D eigenvalue weighted by Crippen LogP contribution is -2.49. The molecule has 1 fully saturated rings. The zero-order valence-electron chi connectivity index (χ0n) is 11.1. The molecule has 0 spiro atoms. The SMILES string of the molecule is C[C@H]1CN(S(C)(=O)=O)CC[C@H]1NCc1ccc(Cl)o1. The van der Waals surface area contributed by atoms with Crippen molar-refractivity contribution < 1.29 is 12.8 Å². The monoisotopic (exact) mass is 306 g/mol. The second kappa shape index (κ2) is 5.83. The molecule has 2 atom stereocenters. The maximum atomic E-state index is 11.5. The first-order valence-corrected chi connectivity index (χ1v) is 8.51. The Morgan fingerprint density at radius 3 is 2.79 bits per heavy atom. The highest BCUT2D eigenvalue weighted by Crippen LogP contribution is 2.20. The van der Waals surface area contributed by atoms with E-state index in [1.54, 1.807) is 10.4 Å². The normalized spacial score (nSPS) is 25.6. The second-order valence-corrected chi connectivity index (χ2v) is 7.44. The van der Waals surface area contributed by atoms with Gasteiger partial charge in [0.1, 0.15) is 5.76 Å². The summed E-state index contributed by atoms with van der Waals surface area (Å²) in [6.07, 6.45) is 2.07. The van der Waals surface area contributed by atoms with Crippen LogP contribution in [0.25, 0.3) is 0 Å². The molecule has 0 aromatic carbocycles. The molecule has 1 aliphatic heterocycles. The summed E-state index contributed by atoms with van der Waals surface area (Å²) in [5.74, 6) is 1.07. The maximum Gasteiger partial charge on any atom is 0.211 e. The van der Waals surface area contributed by atoms with Crippen molar-refractivity contribution in [3.05, 3.63) is 23.1 Å². The molecule has 0 saturated carbocycles. The molecule has 0 unspecified atom stereocenters. The van der Waals surface area contributed by atoms with E-state index in [-0.39, 0.29) is 5.92 Å². The topological polar surface area (TPSA) is 62.6 Å². The molecule has 2 rings (SSSR count). The van der Waals surface area contributed by atoms with Gasteiger partial charge in [0.2, 0.25) is 10.0 Å². The van der Waals surface area contributed by atoms with E-state index in [1.165, 1.54) is 6.26 Å². The highest BCUT2D eigenvalue weighted by molar-refractivity contribution is 7.88. The van der Waals surface area contributed by atoms with Crippen LogP contribution in [0.4, 0.5) is 0 Å². The number of furan rings is 1. The first-order chi connectivity index (χ1) is 8.86. The van der Waals surface area contributed by atoms with Gasteiger partial charge in [0.15, 0.2) is 5.22 Å². The van der Waals surface area contributed by atoms with Gasteiger partial charge >= 0.3 is 0 Å². The third-order valence-corrected chi connectivity index (χ3v) is 4.98. The summed E-state index contributed by atoms with van der Waals surface area (Å²) >= 11 is 5.71. The predicted molar refractivity (Wildman–Crippen MR) is 74.5 cm³/mol. The Hall–Kier alpha value is -0.560. The molecule has 0 radical (unpaired) electrons. The van der Waals surface area contributed by atoms with Crippen LogP contribution in [0.15, 0.2) is 16.5 Å². The van der Waals surface area contributed by atoms with E-state index in [4.69, 9.17) is 16.0 Å². The minimum absolute atomic E-state index is 0.272. The summed E-state index contributed by atoms with van der Waals surface area (Å²) in [5.41, 5.74) is 0. The van der Waals surface area contributed by atoms with Crippen LogP contribution in [0.3, 0.4) is 0 Å². The van der Waals surface area contributed by atoms with Gasteiger partial charge in [0.05, 0.1) is 12.8 Å². The van der Waals surface area contributed by atoms with Crippen molar-refractivity contribution in [2.45, 2.75) is 25.9 Å². The molecular formula is C12H19ClN2O3S. The standard InChI is InChI=1S/C12H19ClN2O3S/c1-9-8-15(19(2,16)17)6-5-11(9)14-7-10-3-4-12(13)18-10/h3-4,9,11,14H,5-8H2,1-2H3/t9-,11+/m0/s1. The van der Waals surface area contributed by atoms with Gasteiger partial charge in [-0.3, -0.25) is 0 Å².